The van der Waals surface area contributed by atoms with Crippen LogP contribution < -0.4 is 5.32 Å². The third-order valence-corrected chi connectivity index (χ3v) is 6.26. The van der Waals surface area contributed by atoms with Crippen molar-refractivity contribution < 1.29 is 9.18 Å². The number of carbonyl (C=O) groups excluding carboxylic acids is 1. The van der Waals surface area contributed by atoms with E-state index in [0.717, 1.165) is 24.0 Å². The molecule has 1 aliphatic rings. The number of benzene rings is 1. The lowest BCUT2D eigenvalue weighted by atomic mass is 9.71. The molecule has 0 bridgehead atoms. The highest BCUT2D eigenvalue weighted by Crippen LogP contribution is 2.45. The van der Waals surface area contributed by atoms with E-state index in [1.54, 1.807) is 12.1 Å². The Kier molecular flexibility index (Phi) is 8.21. The van der Waals surface area contributed by atoms with E-state index in [9.17, 15) is 9.18 Å². The van der Waals surface area contributed by atoms with Gasteiger partial charge in [0.25, 0.3) is 0 Å². The molecule has 1 aliphatic carbocycles. The van der Waals surface area contributed by atoms with Gasteiger partial charge in [-0.3, -0.25) is 4.79 Å². The van der Waals surface area contributed by atoms with E-state index in [0.29, 0.717) is 11.7 Å². The van der Waals surface area contributed by atoms with Gasteiger partial charge in [-0.05, 0) is 73.9 Å². The Balaban J connectivity index is 1.66. The molecule has 0 fully saturated rings. The lowest BCUT2D eigenvalue weighted by molar-refractivity contribution is -0.111. The summed E-state index contributed by atoms with van der Waals surface area (Å²) in [5.74, 6) is -0.672. The van der Waals surface area contributed by atoms with Crippen LogP contribution in [-0.2, 0) is 4.79 Å². The molecule has 0 saturated carbocycles. The summed E-state index contributed by atoms with van der Waals surface area (Å²) in [5, 5.41) is 2.67. The first-order valence-electron chi connectivity index (χ1n) is 11.6. The van der Waals surface area contributed by atoms with E-state index >= 15 is 0 Å². The fourth-order valence-electron chi connectivity index (χ4n) is 4.37. The molecule has 1 aromatic carbocycles. The minimum Gasteiger partial charge on any atom is -0.330 e. The Hall–Kier alpha value is -3.47. The van der Waals surface area contributed by atoms with Crippen LogP contribution in [0.25, 0.3) is 0 Å². The molecule has 1 aromatic heterocycles. The van der Waals surface area contributed by atoms with Gasteiger partial charge in [0.15, 0.2) is 0 Å². The summed E-state index contributed by atoms with van der Waals surface area (Å²) in [6, 6.07) is 6.20. The normalized spacial score (nSPS) is 19.3. The predicted molar refractivity (Wildman–Crippen MR) is 138 cm³/mol. The predicted octanol–water partition coefficient (Wildman–Crippen LogP) is 7.34. The number of rotatable bonds is 7. The van der Waals surface area contributed by atoms with Crippen LogP contribution in [-0.4, -0.2) is 15.5 Å². The minimum absolute atomic E-state index is 0.127. The van der Waals surface area contributed by atoms with Crippen molar-refractivity contribution in [3.63, 3.8) is 0 Å². The van der Waals surface area contributed by atoms with Gasteiger partial charge >= 0.3 is 0 Å². The Morgan fingerprint density at radius 1 is 1.24 bits per heavy atom. The molecule has 0 aliphatic heterocycles. The van der Waals surface area contributed by atoms with Crippen molar-refractivity contribution in [1.29, 1.82) is 0 Å². The Bertz CT molecular complexity index is 1160. The second-order valence-corrected chi connectivity index (χ2v) is 9.54. The number of nitrogens with one attached hydrogen (secondary N) is 1. The molecule has 0 spiro atoms. The second-order valence-electron chi connectivity index (χ2n) is 9.54. The van der Waals surface area contributed by atoms with Crippen LogP contribution >= 0.6 is 0 Å². The molecule has 5 heteroatoms. The molecule has 0 saturated heterocycles. The number of aromatic nitrogens is 2. The number of hydrogen-bond acceptors (Lipinski definition) is 2. The van der Waals surface area contributed by atoms with Crippen LogP contribution in [0.1, 0.15) is 53.5 Å². The molecular formula is C29H34FN3O. The molecule has 4 nitrogen and oxygen atoms in total. The second kappa shape index (κ2) is 11.1. The molecule has 2 aromatic rings. The van der Waals surface area contributed by atoms with Crippen LogP contribution in [0.3, 0.4) is 0 Å². The van der Waals surface area contributed by atoms with Gasteiger partial charge in [0.2, 0.25) is 5.91 Å². The van der Waals surface area contributed by atoms with Crippen molar-refractivity contribution in [2.24, 2.45) is 5.41 Å². The van der Waals surface area contributed by atoms with Crippen molar-refractivity contribution in [3.8, 4) is 0 Å². The SMILES string of the molecule is CC1=C(/C=C/C(C)=C/C=C/C(C)=C\C(=O)Nc2cccc(F)c2)C(C)(C)CCC1n1ccnc1. The van der Waals surface area contributed by atoms with Gasteiger partial charge in [0.1, 0.15) is 5.82 Å². The van der Waals surface area contributed by atoms with E-state index in [2.05, 4.69) is 54.7 Å². The third-order valence-electron chi connectivity index (χ3n) is 6.26. The van der Waals surface area contributed by atoms with Gasteiger partial charge in [0, 0.05) is 24.2 Å². The minimum atomic E-state index is -0.383. The number of allylic oxidation sites excluding steroid dienone is 9. The number of anilines is 1. The van der Waals surface area contributed by atoms with E-state index in [4.69, 9.17) is 0 Å². The number of halogens is 1. The van der Waals surface area contributed by atoms with Crippen molar-refractivity contribution in [2.75, 3.05) is 5.32 Å². The third kappa shape index (κ3) is 6.77. The molecule has 1 unspecified atom stereocenters. The monoisotopic (exact) mass is 459 g/mol. The fraction of sp³-hybridized carbons (Fsp3) is 0.310. The number of imidazole rings is 1. The molecule has 34 heavy (non-hydrogen) atoms. The first-order chi connectivity index (χ1) is 16.2. The average Bonchev–Trinajstić information content (AvgIpc) is 3.27. The lowest BCUT2D eigenvalue weighted by Gasteiger charge is -2.37. The topological polar surface area (TPSA) is 46.9 Å². The highest BCUT2D eigenvalue weighted by molar-refractivity contribution is 5.99. The maximum Gasteiger partial charge on any atom is 0.248 e. The van der Waals surface area contributed by atoms with Crippen molar-refractivity contribution in [2.45, 2.75) is 53.5 Å². The average molecular weight is 460 g/mol. The molecule has 1 atom stereocenters. The zero-order valence-corrected chi connectivity index (χ0v) is 20.7. The van der Waals surface area contributed by atoms with E-state index < -0.39 is 0 Å². The summed E-state index contributed by atoms with van der Waals surface area (Å²) < 4.78 is 15.5. The summed E-state index contributed by atoms with van der Waals surface area (Å²) >= 11 is 0. The Morgan fingerprint density at radius 3 is 2.74 bits per heavy atom. The van der Waals surface area contributed by atoms with E-state index in [-0.39, 0.29) is 17.1 Å². The zero-order chi connectivity index (χ0) is 24.7. The first kappa shape index (κ1) is 25.2. The molecule has 178 valence electrons. The largest absolute Gasteiger partial charge is 0.330 e. The molecule has 3 rings (SSSR count). The van der Waals surface area contributed by atoms with Crippen LogP contribution in [0.15, 0.2) is 102 Å². The van der Waals surface area contributed by atoms with Crippen molar-refractivity contribution in [3.05, 3.63) is 108 Å². The highest BCUT2D eigenvalue weighted by atomic mass is 19.1. The summed E-state index contributed by atoms with van der Waals surface area (Å²) in [5.41, 5.74) is 5.24. The van der Waals surface area contributed by atoms with Crippen LogP contribution in [0.2, 0.25) is 0 Å². The molecule has 0 radical (unpaired) electrons. The van der Waals surface area contributed by atoms with Crippen LogP contribution in [0, 0.1) is 11.2 Å². The van der Waals surface area contributed by atoms with Gasteiger partial charge in [-0.15, -0.1) is 0 Å². The van der Waals surface area contributed by atoms with Crippen molar-refractivity contribution in [1.82, 2.24) is 9.55 Å². The number of carbonyl (C=O) groups is 1. The Labute approximate surface area is 202 Å². The fourth-order valence-corrected chi connectivity index (χ4v) is 4.37. The van der Waals surface area contributed by atoms with Gasteiger partial charge in [-0.2, -0.15) is 0 Å². The summed E-state index contributed by atoms with van der Waals surface area (Å²) in [6.45, 7) is 10.8. The van der Waals surface area contributed by atoms with Gasteiger partial charge in [0.05, 0.1) is 12.4 Å². The molecule has 1 N–H and O–H groups in total. The van der Waals surface area contributed by atoms with Crippen molar-refractivity contribution >= 4 is 11.6 Å². The summed E-state index contributed by atoms with van der Waals surface area (Å²) in [6.07, 6.45) is 19.7. The molecular weight excluding hydrogens is 425 g/mol. The summed E-state index contributed by atoms with van der Waals surface area (Å²) in [4.78, 5) is 16.3. The van der Waals surface area contributed by atoms with Gasteiger partial charge in [-0.1, -0.05) is 55.9 Å². The van der Waals surface area contributed by atoms with E-state index in [1.807, 2.05) is 43.9 Å². The highest BCUT2D eigenvalue weighted by Gasteiger charge is 2.32. The maximum atomic E-state index is 13.3. The first-order valence-corrected chi connectivity index (χ1v) is 11.6. The number of hydrogen-bond donors (Lipinski definition) is 1. The number of nitrogens with zero attached hydrogens (tertiary/aromatic N) is 2. The standard InChI is InChI=1S/C29H34FN3O/c1-21(8-6-9-22(2)18-28(34)32-25-11-7-10-24(30)19-25)12-13-26-23(3)27(14-15-29(26,4)5)33-17-16-31-20-33/h6-13,16-20,27H,14-15H2,1-5H3,(H,32,34)/b9-6+,13-12+,21-8+,22-18-. The molecule has 1 heterocycles. The van der Waals surface area contributed by atoms with Crippen LogP contribution in [0.5, 0.6) is 0 Å². The number of amides is 1. The summed E-state index contributed by atoms with van der Waals surface area (Å²) in [7, 11) is 0. The smallest absolute Gasteiger partial charge is 0.248 e. The maximum absolute atomic E-state index is 13.3. The zero-order valence-electron chi connectivity index (χ0n) is 20.7. The van der Waals surface area contributed by atoms with E-state index in [1.165, 1.54) is 29.4 Å². The lowest BCUT2D eigenvalue weighted by Crippen LogP contribution is -2.25. The van der Waals surface area contributed by atoms with Gasteiger partial charge in [-0.25, -0.2) is 9.37 Å². The molecule has 1 amide bonds. The van der Waals surface area contributed by atoms with Crippen LogP contribution in [0.4, 0.5) is 10.1 Å². The quantitative estimate of drug-likeness (QED) is 0.348. The van der Waals surface area contributed by atoms with Gasteiger partial charge < -0.3 is 9.88 Å². The Morgan fingerprint density at radius 2 is 2.03 bits per heavy atom.